The van der Waals surface area contributed by atoms with Crippen LogP contribution in [0.2, 0.25) is 0 Å². The van der Waals surface area contributed by atoms with Crippen molar-refractivity contribution in [2.45, 2.75) is 19.1 Å². The lowest BCUT2D eigenvalue weighted by atomic mass is 10.1. The Kier molecular flexibility index (Phi) is 3.74. The molecule has 2 rings (SSSR count). The second-order valence-electron chi connectivity index (χ2n) is 3.99. The van der Waals surface area contributed by atoms with Crippen LogP contribution < -0.4 is 5.32 Å². The number of halogens is 1. The Balaban J connectivity index is 1.85. The molecule has 0 radical (unpaired) electrons. The molecular formula is C12H11FN2O4. The van der Waals surface area contributed by atoms with Crippen LogP contribution in [0.25, 0.3) is 0 Å². The molecule has 1 aromatic carbocycles. The molecule has 6 nitrogen and oxygen atoms in total. The van der Waals surface area contributed by atoms with Crippen molar-refractivity contribution in [1.29, 1.82) is 0 Å². The van der Waals surface area contributed by atoms with Crippen molar-refractivity contribution in [3.63, 3.8) is 0 Å². The fourth-order valence-corrected chi connectivity index (χ4v) is 1.59. The molecule has 7 heteroatoms. The fourth-order valence-electron chi connectivity index (χ4n) is 1.59. The zero-order chi connectivity index (χ0) is 13.8. The first kappa shape index (κ1) is 13.0. The number of carboxylic acid groups (broad SMARTS) is 1. The molecule has 100 valence electrons. The maximum atomic E-state index is 12.9. The monoisotopic (exact) mass is 266 g/mol. The third-order valence-electron chi connectivity index (χ3n) is 2.56. The number of oxime groups is 1. The normalized spacial score (nSPS) is 17.5. The third kappa shape index (κ3) is 3.27. The number of amides is 1. The number of aliphatic carboxylic acids is 1. The third-order valence-corrected chi connectivity index (χ3v) is 2.56. The van der Waals surface area contributed by atoms with Gasteiger partial charge in [0, 0.05) is 13.0 Å². The zero-order valence-corrected chi connectivity index (χ0v) is 9.80. The number of nitrogens with one attached hydrogen (secondary N) is 1. The molecule has 0 saturated heterocycles. The van der Waals surface area contributed by atoms with E-state index in [2.05, 4.69) is 10.5 Å². The Bertz CT molecular complexity index is 544. The maximum Gasteiger partial charge on any atom is 0.353 e. The van der Waals surface area contributed by atoms with E-state index in [1.807, 2.05) is 0 Å². The van der Waals surface area contributed by atoms with Crippen LogP contribution in [0, 0.1) is 5.82 Å². The van der Waals surface area contributed by atoms with Crippen LogP contribution in [0.5, 0.6) is 0 Å². The summed E-state index contributed by atoms with van der Waals surface area (Å²) in [5.74, 6) is -2.08. The van der Waals surface area contributed by atoms with Crippen LogP contribution >= 0.6 is 0 Å². The van der Waals surface area contributed by atoms with E-state index in [9.17, 15) is 14.0 Å². The molecule has 0 spiro atoms. The van der Waals surface area contributed by atoms with Gasteiger partial charge >= 0.3 is 5.97 Å². The number of carbonyl (C=O) groups excluding carboxylic acids is 1. The zero-order valence-electron chi connectivity index (χ0n) is 9.80. The first-order valence-corrected chi connectivity index (χ1v) is 5.54. The minimum absolute atomic E-state index is 0.0791. The van der Waals surface area contributed by atoms with Crippen molar-refractivity contribution in [2.75, 3.05) is 0 Å². The topological polar surface area (TPSA) is 88.0 Å². The molecule has 0 bridgehead atoms. The first-order chi connectivity index (χ1) is 9.06. The summed E-state index contributed by atoms with van der Waals surface area (Å²) in [5.41, 5.74) is 0.414. The van der Waals surface area contributed by atoms with Crippen LogP contribution in [0.3, 0.4) is 0 Å². The van der Waals surface area contributed by atoms with Gasteiger partial charge in [0.05, 0.1) is 0 Å². The molecule has 1 amide bonds. The molecule has 0 aliphatic carbocycles. The van der Waals surface area contributed by atoms with Crippen LogP contribution in [0.15, 0.2) is 29.4 Å². The maximum absolute atomic E-state index is 12.9. The number of benzene rings is 1. The van der Waals surface area contributed by atoms with Crippen molar-refractivity contribution in [1.82, 2.24) is 5.32 Å². The molecule has 0 saturated carbocycles. The Morgan fingerprint density at radius 1 is 1.53 bits per heavy atom. The minimum atomic E-state index is -1.21. The van der Waals surface area contributed by atoms with Gasteiger partial charge in [-0.1, -0.05) is 17.3 Å². The number of carboxylic acids is 1. The molecule has 1 aliphatic rings. The quantitative estimate of drug-likeness (QED) is 0.838. The predicted octanol–water partition coefficient (Wildman–Crippen LogP) is 0.671. The average molecular weight is 266 g/mol. The van der Waals surface area contributed by atoms with Crippen molar-refractivity contribution in [3.8, 4) is 0 Å². The molecule has 0 aromatic heterocycles. The van der Waals surface area contributed by atoms with E-state index in [4.69, 9.17) is 9.94 Å². The second-order valence-corrected chi connectivity index (χ2v) is 3.99. The highest BCUT2D eigenvalue weighted by Crippen LogP contribution is 2.11. The summed E-state index contributed by atoms with van der Waals surface area (Å²) in [5, 5.41) is 14.5. The molecule has 1 atom stereocenters. The van der Waals surface area contributed by atoms with Gasteiger partial charge in [0.15, 0.2) is 5.71 Å². The summed E-state index contributed by atoms with van der Waals surface area (Å²) >= 11 is 0. The first-order valence-electron chi connectivity index (χ1n) is 5.54. The van der Waals surface area contributed by atoms with Gasteiger partial charge in [-0.3, -0.25) is 4.79 Å². The summed E-state index contributed by atoms with van der Waals surface area (Å²) in [6.07, 6.45) is -1.02. The molecule has 1 heterocycles. The molecule has 1 aromatic rings. The van der Waals surface area contributed by atoms with Crippen LogP contribution in [-0.4, -0.2) is 28.8 Å². The highest BCUT2D eigenvalue weighted by atomic mass is 19.1. The van der Waals surface area contributed by atoms with Gasteiger partial charge in [-0.2, -0.15) is 0 Å². The van der Waals surface area contributed by atoms with E-state index in [0.29, 0.717) is 5.56 Å². The molecule has 1 unspecified atom stereocenters. The van der Waals surface area contributed by atoms with Crippen LogP contribution in [0.1, 0.15) is 12.0 Å². The Hall–Kier alpha value is -2.44. The lowest BCUT2D eigenvalue weighted by molar-refractivity contribution is -0.131. The minimum Gasteiger partial charge on any atom is -0.477 e. The molecule has 2 N–H and O–H groups in total. The SMILES string of the molecule is O=C(O)C1=NOC(C(=O)NCc2cccc(F)c2)C1. The predicted molar refractivity (Wildman–Crippen MR) is 62.8 cm³/mol. The van der Waals surface area contributed by atoms with Gasteiger partial charge in [0.2, 0.25) is 6.10 Å². The van der Waals surface area contributed by atoms with Gasteiger partial charge < -0.3 is 15.3 Å². The number of hydrogen-bond acceptors (Lipinski definition) is 4. The van der Waals surface area contributed by atoms with Gasteiger partial charge in [-0.05, 0) is 17.7 Å². The van der Waals surface area contributed by atoms with Crippen molar-refractivity contribution in [3.05, 3.63) is 35.6 Å². The van der Waals surface area contributed by atoms with Crippen LogP contribution in [-0.2, 0) is 21.0 Å². The number of carbonyl (C=O) groups is 2. The summed E-state index contributed by atoms with van der Waals surface area (Å²) in [6.45, 7) is 0.138. The Labute approximate surface area is 107 Å². The smallest absolute Gasteiger partial charge is 0.353 e. The largest absolute Gasteiger partial charge is 0.477 e. The molecule has 19 heavy (non-hydrogen) atoms. The van der Waals surface area contributed by atoms with Crippen LogP contribution in [0.4, 0.5) is 4.39 Å². The Morgan fingerprint density at radius 2 is 2.32 bits per heavy atom. The van der Waals surface area contributed by atoms with E-state index in [1.165, 1.54) is 18.2 Å². The van der Waals surface area contributed by atoms with E-state index in [-0.39, 0.29) is 24.5 Å². The summed E-state index contributed by atoms with van der Waals surface area (Å²) in [6, 6.07) is 5.81. The number of hydrogen-bond donors (Lipinski definition) is 2. The number of rotatable bonds is 4. The second kappa shape index (κ2) is 5.47. The fraction of sp³-hybridized carbons (Fsp3) is 0.250. The molecule has 1 aliphatic heterocycles. The highest BCUT2D eigenvalue weighted by Gasteiger charge is 2.31. The highest BCUT2D eigenvalue weighted by molar-refractivity contribution is 6.36. The summed E-state index contributed by atoms with van der Waals surface area (Å²) in [4.78, 5) is 27.0. The lowest BCUT2D eigenvalue weighted by Gasteiger charge is -2.09. The van der Waals surface area contributed by atoms with E-state index >= 15 is 0 Å². The van der Waals surface area contributed by atoms with Gasteiger partial charge in [0.25, 0.3) is 5.91 Å². The summed E-state index contributed by atoms with van der Waals surface area (Å²) < 4.78 is 12.9. The molecule has 0 fully saturated rings. The summed E-state index contributed by atoms with van der Waals surface area (Å²) in [7, 11) is 0. The van der Waals surface area contributed by atoms with Crippen molar-refractivity contribution in [2.24, 2.45) is 5.16 Å². The average Bonchev–Trinajstić information content (AvgIpc) is 2.86. The molecular weight excluding hydrogens is 255 g/mol. The van der Waals surface area contributed by atoms with E-state index < -0.39 is 18.0 Å². The van der Waals surface area contributed by atoms with Gasteiger partial charge in [-0.15, -0.1) is 0 Å². The van der Waals surface area contributed by atoms with Crippen molar-refractivity contribution >= 4 is 17.6 Å². The standard InChI is InChI=1S/C12H11FN2O4/c13-8-3-1-2-7(4-8)6-14-11(16)10-5-9(12(17)18)15-19-10/h1-4,10H,5-6H2,(H,14,16)(H,17,18). The Morgan fingerprint density at radius 3 is 2.95 bits per heavy atom. The van der Waals surface area contributed by atoms with E-state index in [0.717, 1.165) is 0 Å². The van der Waals surface area contributed by atoms with Gasteiger partial charge in [-0.25, -0.2) is 9.18 Å². The number of nitrogens with zero attached hydrogens (tertiary/aromatic N) is 1. The van der Waals surface area contributed by atoms with E-state index in [1.54, 1.807) is 6.07 Å². The lowest BCUT2D eigenvalue weighted by Crippen LogP contribution is -2.34. The van der Waals surface area contributed by atoms with Gasteiger partial charge in [0.1, 0.15) is 5.82 Å². The van der Waals surface area contributed by atoms with Crippen molar-refractivity contribution < 1.29 is 23.9 Å².